The molecule has 1 aliphatic rings. The lowest BCUT2D eigenvalue weighted by atomic mass is 9.90. The van der Waals surface area contributed by atoms with Crippen molar-refractivity contribution < 1.29 is 0 Å². The second-order valence-corrected chi connectivity index (χ2v) is 6.07. The Labute approximate surface area is 123 Å². The van der Waals surface area contributed by atoms with Crippen molar-refractivity contribution in [2.24, 2.45) is 13.0 Å². The van der Waals surface area contributed by atoms with Crippen LogP contribution in [0.4, 0.5) is 0 Å². The standard InChI is InChI=1S/C16H30N4/c1-5-16-15(12-19(4)18-16)11-17-13(3)14-7-9-20(6-2)10-8-14/h12-14,17H,5-11H2,1-4H3. The molecule has 0 aliphatic carbocycles. The minimum atomic E-state index is 0.596. The second kappa shape index (κ2) is 7.23. The van der Waals surface area contributed by atoms with Gasteiger partial charge in [0.25, 0.3) is 0 Å². The van der Waals surface area contributed by atoms with Crippen molar-refractivity contribution in [3.05, 3.63) is 17.5 Å². The molecule has 0 spiro atoms. The van der Waals surface area contributed by atoms with E-state index in [4.69, 9.17) is 0 Å². The normalized spacial score (nSPS) is 19.4. The summed E-state index contributed by atoms with van der Waals surface area (Å²) in [5, 5.41) is 8.23. The van der Waals surface area contributed by atoms with E-state index in [9.17, 15) is 0 Å². The molecule has 4 nitrogen and oxygen atoms in total. The van der Waals surface area contributed by atoms with Crippen LogP contribution in [0.5, 0.6) is 0 Å². The first kappa shape index (κ1) is 15.5. The topological polar surface area (TPSA) is 33.1 Å². The van der Waals surface area contributed by atoms with Gasteiger partial charge in [-0.1, -0.05) is 13.8 Å². The number of hydrogen-bond donors (Lipinski definition) is 1. The Hall–Kier alpha value is -0.870. The van der Waals surface area contributed by atoms with Crippen molar-refractivity contribution in [2.45, 2.75) is 52.6 Å². The van der Waals surface area contributed by atoms with Gasteiger partial charge in [-0.3, -0.25) is 4.68 Å². The molecule has 0 bridgehead atoms. The number of hydrogen-bond acceptors (Lipinski definition) is 3. The van der Waals surface area contributed by atoms with E-state index < -0.39 is 0 Å². The molecule has 114 valence electrons. The van der Waals surface area contributed by atoms with Gasteiger partial charge in [-0.25, -0.2) is 0 Å². The molecular weight excluding hydrogens is 248 g/mol. The third kappa shape index (κ3) is 3.83. The number of likely N-dealkylation sites (tertiary alicyclic amines) is 1. The van der Waals surface area contributed by atoms with Crippen molar-refractivity contribution in [1.82, 2.24) is 20.0 Å². The second-order valence-electron chi connectivity index (χ2n) is 6.07. The van der Waals surface area contributed by atoms with Crippen LogP contribution in [-0.2, 0) is 20.0 Å². The lowest BCUT2D eigenvalue weighted by Crippen LogP contribution is -2.41. The monoisotopic (exact) mass is 278 g/mol. The van der Waals surface area contributed by atoms with Crippen LogP contribution in [0.25, 0.3) is 0 Å². The zero-order chi connectivity index (χ0) is 14.5. The molecule has 20 heavy (non-hydrogen) atoms. The molecule has 2 heterocycles. The first-order chi connectivity index (χ1) is 9.63. The van der Waals surface area contributed by atoms with E-state index in [1.165, 1.54) is 43.7 Å². The van der Waals surface area contributed by atoms with E-state index in [1.807, 2.05) is 11.7 Å². The highest BCUT2D eigenvalue weighted by Crippen LogP contribution is 2.20. The lowest BCUT2D eigenvalue weighted by molar-refractivity contribution is 0.168. The van der Waals surface area contributed by atoms with Crippen LogP contribution in [-0.4, -0.2) is 40.4 Å². The number of aryl methyl sites for hydroxylation is 2. The van der Waals surface area contributed by atoms with E-state index in [1.54, 1.807) is 0 Å². The van der Waals surface area contributed by atoms with Gasteiger partial charge in [0.2, 0.25) is 0 Å². The summed E-state index contributed by atoms with van der Waals surface area (Å²) in [4.78, 5) is 2.56. The van der Waals surface area contributed by atoms with Gasteiger partial charge >= 0.3 is 0 Å². The van der Waals surface area contributed by atoms with Gasteiger partial charge in [-0.2, -0.15) is 5.10 Å². The van der Waals surface area contributed by atoms with Gasteiger partial charge < -0.3 is 10.2 Å². The zero-order valence-electron chi connectivity index (χ0n) is 13.5. The smallest absolute Gasteiger partial charge is 0.0666 e. The van der Waals surface area contributed by atoms with Gasteiger partial charge in [0.1, 0.15) is 0 Å². The maximum atomic E-state index is 4.51. The van der Waals surface area contributed by atoms with Gasteiger partial charge in [0, 0.05) is 31.4 Å². The minimum absolute atomic E-state index is 0.596. The van der Waals surface area contributed by atoms with E-state index in [0.717, 1.165) is 18.9 Å². The van der Waals surface area contributed by atoms with Crippen LogP contribution >= 0.6 is 0 Å². The SMILES string of the molecule is CCc1nn(C)cc1CNC(C)C1CCN(CC)CC1. The molecule has 4 heteroatoms. The fourth-order valence-corrected chi connectivity index (χ4v) is 3.24. The zero-order valence-corrected chi connectivity index (χ0v) is 13.5. The van der Waals surface area contributed by atoms with Crippen LogP contribution in [0.3, 0.4) is 0 Å². The van der Waals surface area contributed by atoms with Crippen molar-refractivity contribution in [1.29, 1.82) is 0 Å². The van der Waals surface area contributed by atoms with Crippen LogP contribution in [0.15, 0.2) is 6.20 Å². The molecule has 0 aromatic carbocycles. The first-order valence-corrected chi connectivity index (χ1v) is 8.11. The third-order valence-electron chi connectivity index (χ3n) is 4.73. The summed E-state index contributed by atoms with van der Waals surface area (Å²) >= 11 is 0. The summed E-state index contributed by atoms with van der Waals surface area (Å²) in [5.74, 6) is 0.819. The number of nitrogens with one attached hydrogen (secondary N) is 1. The maximum absolute atomic E-state index is 4.51. The average Bonchev–Trinajstić information content (AvgIpc) is 2.85. The molecule has 1 atom stereocenters. The number of rotatable bonds is 6. The van der Waals surface area contributed by atoms with Crippen molar-refractivity contribution in [3.8, 4) is 0 Å². The first-order valence-electron chi connectivity index (χ1n) is 8.11. The molecule has 0 amide bonds. The Balaban J connectivity index is 1.81. The Morgan fingerprint density at radius 1 is 1.35 bits per heavy atom. The molecule has 1 aromatic heterocycles. The van der Waals surface area contributed by atoms with E-state index >= 15 is 0 Å². The average molecular weight is 278 g/mol. The quantitative estimate of drug-likeness (QED) is 0.866. The van der Waals surface area contributed by atoms with Crippen molar-refractivity contribution in [2.75, 3.05) is 19.6 Å². The molecule has 0 saturated carbocycles. The predicted molar refractivity (Wildman–Crippen MR) is 83.7 cm³/mol. The third-order valence-corrected chi connectivity index (χ3v) is 4.73. The van der Waals surface area contributed by atoms with Gasteiger partial charge in [0.15, 0.2) is 0 Å². The van der Waals surface area contributed by atoms with Gasteiger partial charge in [-0.05, 0) is 51.7 Å². The van der Waals surface area contributed by atoms with Crippen LogP contribution < -0.4 is 5.32 Å². The number of aromatic nitrogens is 2. The van der Waals surface area contributed by atoms with Crippen molar-refractivity contribution >= 4 is 0 Å². The Bertz CT molecular complexity index is 405. The number of nitrogens with zero attached hydrogens (tertiary/aromatic N) is 3. The Morgan fingerprint density at radius 2 is 2.05 bits per heavy atom. The minimum Gasteiger partial charge on any atom is -0.310 e. The molecule has 1 fully saturated rings. The highest BCUT2D eigenvalue weighted by Gasteiger charge is 2.23. The molecule has 0 radical (unpaired) electrons. The molecule has 1 aliphatic heterocycles. The molecule has 1 unspecified atom stereocenters. The fourth-order valence-electron chi connectivity index (χ4n) is 3.24. The predicted octanol–water partition coefficient (Wildman–Crippen LogP) is 2.19. The molecule has 1 N–H and O–H groups in total. The summed E-state index contributed by atoms with van der Waals surface area (Å²) < 4.78 is 1.93. The number of piperidine rings is 1. The molecular formula is C16H30N4. The summed E-state index contributed by atoms with van der Waals surface area (Å²) in [7, 11) is 2.01. The molecule has 1 aromatic rings. The summed E-state index contributed by atoms with van der Waals surface area (Å²) in [6, 6.07) is 0.596. The Morgan fingerprint density at radius 3 is 2.65 bits per heavy atom. The molecule has 2 rings (SSSR count). The van der Waals surface area contributed by atoms with E-state index in [2.05, 4.69) is 42.3 Å². The van der Waals surface area contributed by atoms with Gasteiger partial charge in [0.05, 0.1) is 5.69 Å². The summed E-state index contributed by atoms with van der Waals surface area (Å²) in [6.45, 7) is 11.5. The fraction of sp³-hybridized carbons (Fsp3) is 0.812. The molecule has 1 saturated heterocycles. The highest BCUT2D eigenvalue weighted by atomic mass is 15.3. The van der Waals surface area contributed by atoms with E-state index in [0.29, 0.717) is 6.04 Å². The highest BCUT2D eigenvalue weighted by molar-refractivity contribution is 5.16. The van der Waals surface area contributed by atoms with Crippen molar-refractivity contribution in [3.63, 3.8) is 0 Å². The maximum Gasteiger partial charge on any atom is 0.0666 e. The Kier molecular flexibility index (Phi) is 5.61. The van der Waals surface area contributed by atoms with Crippen LogP contribution in [0, 0.1) is 5.92 Å². The summed E-state index contributed by atoms with van der Waals surface area (Å²) in [6.07, 6.45) is 5.82. The van der Waals surface area contributed by atoms with Crippen LogP contribution in [0.1, 0.15) is 44.9 Å². The summed E-state index contributed by atoms with van der Waals surface area (Å²) in [5.41, 5.74) is 2.58. The van der Waals surface area contributed by atoms with E-state index in [-0.39, 0.29) is 0 Å². The lowest BCUT2D eigenvalue weighted by Gasteiger charge is -2.34. The van der Waals surface area contributed by atoms with Crippen LogP contribution in [0.2, 0.25) is 0 Å². The largest absolute Gasteiger partial charge is 0.310 e. The van der Waals surface area contributed by atoms with Gasteiger partial charge in [-0.15, -0.1) is 0 Å².